The molecule has 0 spiro atoms. The van der Waals surface area contributed by atoms with Crippen LogP contribution in [-0.2, 0) is 16.0 Å². The number of aliphatic hydroxyl groups excluding tert-OH is 1. The van der Waals surface area contributed by atoms with Gasteiger partial charge in [0, 0.05) is 26.3 Å². The van der Waals surface area contributed by atoms with Crippen molar-refractivity contribution in [2.24, 2.45) is 0 Å². The number of ether oxygens (including phenoxy) is 2. The number of methoxy groups -OCH3 is 2. The van der Waals surface area contributed by atoms with Gasteiger partial charge < -0.3 is 19.5 Å². The van der Waals surface area contributed by atoms with E-state index in [4.69, 9.17) is 9.47 Å². The average molecular weight is 345 g/mol. The highest BCUT2D eigenvalue weighted by molar-refractivity contribution is 5.98. The summed E-state index contributed by atoms with van der Waals surface area (Å²) in [5.41, 5.74) is 2.16. The summed E-state index contributed by atoms with van der Waals surface area (Å²) in [6.07, 6.45) is 2.16. The zero-order valence-electron chi connectivity index (χ0n) is 14.8. The van der Waals surface area contributed by atoms with Crippen LogP contribution in [0.1, 0.15) is 43.4 Å². The fraction of sp³-hybridized carbons (Fsp3) is 0.474. The van der Waals surface area contributed by atoms with Gasteiger partial charge in [0.25, 0.3) is 0 Å². The number of allylic oxidation sites excluding steroid dienone is 1. The van der Waals surface area contributed by atoms with E-state index < -0.39 is 6.04 Å². The largest absolute Gasteiger partial charge is 0.512 e. The van der Waals surface area contributed by atoms with Crippen LogP contribution in [0.4, 0.5) is 0 Å². The molecule has 1 aromatic carbocycles. The van der Waals surface area contributed by atoms with E-state index in [9.17, 15) is 14.7 Å². The van der Waals surface area contributed by atoms with Gasteiger partial charge in [-0.2, -0.15) is 0 Å². The highest BCUT2D eigenvalue weighted by Gasteiger charge is 2.38. The van der Waals surface area contributed by atoms with Gasteiger partial charge in [0.05, 0.1) is 25.8 Å². The maximum absolute atomic E-state index is 12.5. The second-order valence-corrected chi connectivity index (χ2v) is 6.41. The number of hydrogen-bond donors (Lipinski definition) is 1. The number of fused-ring (bicyclic) bond motifs is 1. The van der Waals surface area contributed by atoms with Crippen molar-refractivity contribution >= 4 is 11.7 Å². The van der Waals surface area contributed by atoms with Gasteiger partial charge in [-0.1, -0.05) is 0 Å². The first-order valence-electron chi connectivity index (χ1n) is 8.45. The van der Waals surface area contributed by atoms with Crippen molar-refractivity contribution < 1.29 is 24.2 Å². The number of hydrogen-bond acceptors (Lipinski definition) is 5. The Morgan fingerprint density at radius 1 is 1.16 bits per heavy atom. The Kier molecular flexibility index (Phi) is 4.70. The van der Waals surface area contributed by atoms with Crippen LogP contribution in [0.25, 0.3) is 0 Å². The first-order chi connectivity index (χ1) is 12.0. The normalized spacial score (nSPS) is 20.4. The van der Waals surface area contributed by atoms with E-state index in [1.54, 1.807) is 19.1 Å². The second-order valence-electron chi connectivity index (χ2n) is 6.41. The molecule has 6 nitrogen and oxygen atoms in total. The van der Waals surface area contributed by atoms with Gasteiger partial charge in [-0.15, -0.1) is 0 Å². The van der Waals surface area contributed by atoms with E-state index in [1.807, 2.05) is 12.1 Å². The number of benzene rings is 1. The molecule has 1 aliphatic heterocycles. The Morgan fingerprint density at radius 2 is 1.84 bits per heavy atom. The SMILES string of the molecule is COc1cc2c(cc1OC)[C@H](C1=C(O)CCCC1=O)N(C(C)=O)CC2. The number of carbonyl (C=O) groups is 2. The number of amides is 1. The quantitative estimate of drug-likeness (QED) is 0.911. The number of nitrogens with zero attached hydrogens (tertiary/aromatic N) is 1. The molecule has 3 rings (SSSR count). The number of ketones is 1. The minimum absolute atomic E-state index is 0.0927. The van der Waals surface area contributed by atoms with Crippen molar-refractivity contribution in [1.29, 1.82) is 0 Å². The smallest absolute Gasteiger partial charge is 0.220 e. The average Bonchev–Trinajstić information content (AvgIpc) is 2.60. The standard InChI is InChI=1S/C19H23NO5/c1-11(21)20-8-7-12-9-16(24-2)17(25-3)10-13(12)19(20)18-14(22)5-4-6-15(18)23/h9-10,19,22H,4-8H2,1-3H3/t19-/m1/s1. The summed E-state index contributed by atoms with van der Waals surface area (Å²) in [7, 11) is 3.12. The van der Waals surface area contributed by atoms with E-state index >= 15 is 0 Å². The molecule has 0 bridgehead atoms. The molecular formula is C19H23NO5. The van der Waals surface area contributed by atoms with Crippen molar-refractivity contribution in [2.75, 3.05) is 20.8 Å². The highest BCUT2D eigenvalue weighted by Crippen LogP contribution is 2.43. The lowest BCUT2D eigenvalue weighted by Crippen LogP contribution is -2.41. The summed E-state index contributed by atoms with van der Waals surface area (Å²) >= 11 is 0. The zero-order valence-corrected chi connectivity index (χ0v) is 14.8. The summed E-state index contributed by atoms with van der Waals surface area (Å²) in [5.74, 6) is 1.03. The molecule has 0 unspecified atom stereocenters. The summed E-state index contributed by atoms with van der Waals surface area (Å²) < 4.78 is 10.8. The fourth-order valence-electron chi connectivity index (χ4n) is 3.75. The molecular weight excluding hydrogens is 322 g/mol. The number of rotatable bonds is 3. The summed E-state index contributed by atoms with van der Waals surface area (Å²) in [4.78, 5) is 26.4. The van der Waals surface area contributed by atoms with Crippen LogP contribution in [0, 0.1) is 0 Å². The first kappa shape index (κ1) is 17.3. The lowest BCUT2D eigenvalue weighted by atomic mass is 9.82. The monoisotopic (exact) mass is 345 g/mol. The Balaban J connectivity index is 2.20. The highest BCUT2D eigenvalue weighted by atomic mass is 16.5. The molecule has 0 saturated heterocycles. The van der Waals surface area contributed by atoms with Crippen LogP contribution in [0.15, 0.2) is 23.5 Å². The molecule has 1 aliphatic carbocycles. The van der Waals surface area contributed by atoms with Crippen LogP contribution in [0.2, 0.25) is 0 Å². The van der Waals surface area contributed by atoms with Gasteiger partial charge in [0.1, 0.15) is 5.76 Å². The van der Waals surface area contributed by atoms with E-state index in [1.165, 1.54) is 6.92 Å². The lowest BCUT2D eigenvalue weighted by molar-refractivity contribution is -0.131. The molecule has 6 heteroatoms. The van der Waals surface area contributed by atoms with Crippen molar-refractivity contribution in [1.82, 2.24) is 4.90 Å². The number of Topliss-reactive ketones (excluding diaryl/α,β-unsaturated/α-hetero) is 1. The molecule has 0 saturated carbocycles. The maximum atomic E-state index is 12.5. The van der Waals surface area contributed by atoms with E-state index in [0.29, 0.717) is 49.3 Å². The Bertz CT molecular complexity index is 752. The van der Waals surface area contributed by atoms with Crippen LogP contribution < -0.4 is 9.47 Å². The van der Waals surface area contributed by atoms with E-state index in [0.717, 1.165) is 11.1 Å². The molecule has 1 N–H and O–H groups in total. The van der Waals surface area contributed by atoms with Gasteiger partial charge in [0.15, 0.2) is 17.3 Å². The molecule has 1 atom stereocenters. The molecule has 134 valence electrons. The Labute approximate surface area is 147 Å². The summed E-state index contributed by atoms with van der Waals surface area (Å²) in [6, 6.07) is 3.13. The fourth-order valence-corrected chi connectivity index (χ4v) is 3.75. The van der Waals surface area contributed by atoms with Crippen LogP contribution in [-0.4, -0.2) is 42.5 Å². The van der Waals surface area contributed by atoms with Gasteiger partial charge >= 0.3 is 0 Å². The minimum atomic E-state index is -0.575. The van der Waals surface area contributed by atoms with Crippen LogP contribution in [0.5, 0.6) is 11.5 Å². The van der Waals surface area contributed by atoms with Crippen molar-refractivity contribution in [3.05, 3.63) is 34.6 Å². The zero-order chi connectivity index (χ0) is 18.1. The molecule has 0 aromatic heterocycles. The predicted octanol–water partition coefficient (Wildman–Crippen LogP) is 2.71. The molecule has 1 heterocycles. The minimum Gasteiger partial charge on any atom is -0.512 e. The van der Waals surface area contributed by atoms with Gasteiger partial charge in [-0.25, -0.2) is 0 Å². The maximum Gasteiger partial charge on any atom is 0.220 e. The topological polar surface area (TPSA) is 76.1 Å². The van der Waals surface area contributed by atoms with Crippen molar-refractivity contribution in [3.63, 3.8) is 0 Å². The number of carbonyl (C=O) groups excluding carboxylic acids is 2. The molecule has 2 aliphatic rings. The van der Waals surface area contributed by atoms with Gasteiger partial charge in [-0.05, 0) is 36.1 Å². The first-order valence-corrected chi connectivity index (χ1v) is 8.45. The third-order valence-electron chi connectivity index (χ3n) is 4.98. The van der Waals surface area contributed by atoms with Gasteiger partial charge in [0.2, 0.25) is 5.91 Å². The molecule has 25 heavy (non-hydrogen) atoms. The van der Waals surface area contributed by atoms with Crippen molar-refractivity contribution in [2.45, 2.75) is 38.6 Å². The van der Waals surface area contributed by atoms with Crippen LogP contribution in [0.3, 0.4) is 0 Å². The molecule has 1 amide bonds. The second kappa shape index (κ2) is 6.78. The Morgan fingerprint density at radius 3 is 2.44 bits per heavy atom. The third-order valence-corrected chi connectivity index (χ3v) is 4.98. The molecule has 1 aromatic rings. The summed E-state index contributed by atoms with van der Waals surface area (Å²) in [5, 5.41) is 10.4. The van der Waals surface area contributed by atoms with E-state index in [2.05, 4.69) is 0 Å². The lowest BCUT2D eigenvalue weighted by Gasteiger charge is -2.39. The number of aliphatic hydroxyl groups is 1. The van der Waals surface area contributed by atoms with Crippen molar-refractivity contribution in [3.8, 4) is 11.5 Å². The van der Waals surface area contributed by atoms with Gasteiger partial charge in [-0.3, -0.25) is 9.59 Å². The summed E-state index contributed by atoms with van der Waals surface area (Å²) in [6.45, 7) is 1.98. The predicted molar refractivity (Wildman–Crippen MR) is 91.9 cm³/mol. The molecule has 0 fully saturated rings. The van der Waals surface area contributed by atoms with E-state index in [-0.39, 0.29) is 17.4 Å². The Hall–Kier alpha value is -2.50. The third kappa shape index (κ3) is 2.97. The van der Waals surface area contributed by atoms with Crippen LogP contribution >= 0.6 is 0 Å². The molecule has 0 radical (unpaired) electrons.